The standard InChI is InChI=1S/C13H23F3N2O/c1-3-6-18(8-13(14,15)16)12(19)10-7-9(2)4-5-11(10)17/h9-11H,3-8,17H2,1-2H3. The lowest BCUT2D eigenvalue weighted by molar-refractivity contribution is -0.165. The first-order chi connectivity index (χ1) is 8.74. The van der Waals surface area contributed by atoms with Gasteiger partial charge in [-0.25, -0.2) is 0 Å². The molecule has 1 saturated carbocycles. The van der Waals surface area contributed by atoms with Crippen molar-refractivity contribution in [2.75, 3.05) is 13.1 Å². The van der Waals surface area contributed by atoms with Crippen LogP contribution in [-0.2, 0) is 4.79 Å². The van der Waals surface area contributed by atoms with E-state index in [0.29, 0.717) is 25.2 Å². The first-order valence-corrected chi connectivity index (χ1v) is 6.85. The second-order valence-electron chi connectivity index (χ2n) is 5.56. The molecule has 1 aliphatic rings. The molecule has 0 heterocycles. The van der Waals surface area contributed by atoms with Crippen LogP contribution in [0.2, 0.25) is 0 Å². The Morgan fingerprint density at radius 1 is 1.37 bits per heavy atom. The molecule has 3 unspecified atom stereocenters. The summed E-state index contributed by atoms with van der Waals surface area (Å²) in [5.74, 6) is -0.543. The summed E-state index contributed by atoms with van der Waals surface area (Å²) in [6.07, 6.45) is -1.59. The van der Waals surface area contributed by atoms with E-state index in [1.165, 1.54) is 0 Å². The fourth-order valence-electron chi connectivity index (χ4n) is 2.68. The fraction of sp³-hybridized carbons (Fsp3) is 0.923. The minimum absolute atomic E-state index is 0.135. The number of nitrogens with two attached hydrogens (primary N) is 1. The lowest BCUT2D eigenvalue weighted by Crippen LogP contribution is -2.49. The smallest absolute Gasteiger partial charge is 0.333 e. The largest absolute Gasteiger partial charge is 0.406 e. The quantitative estimate of drug-likeness (QED) is 0.860. The molecule has 1 aliphatic carbocycles. The molecule has 3 nitrogen and oxygen atoms in total. The monoisotopic (exact) mass is 280 g/mol. The van der Waals surface area contributed by atoms with Gasteiger partial charge in [-0.05, 0) is 31.6 Å². The number of alkyl halides is 3. The topological polar surface area (TPSA) is 46.3 Å². The van der Waals surface area contributed by atoms with E-state index in [0.717, 1.165) is 11.3 Å². The van der Waals surface area contributed by atoms with Crippen molar-refractivity contribution in [2.24, 2.45) is 17.6 Å². The van der Waals surface area contributed by atoms with Crippen LogP contribution in [0, 0.1) is 11.8 Å². The lowest BCUT2D eigenvalue weighted by atomic mass is 9.78. The Kier molecular flexibility index (Phi) is 5.64. The molecule has 0 bridgehead atoms. The van der Waals surface area contributed by atoms with Crippen LogP contribution in [0.3, 0.4) is 0 Å². The van der Waals surface area contributed by atoms with Gasteiger partial charge in [0.25, 0.3) is 0 Å². The number of hydrogen-bond acceptors (Lipinski definition) is 2. The zero-order valence-electron chi connectivity index (χ0n) is 11.5. The first-order valence-electron chi connectivity index (χ1n) is 6.85. The molecule has 0 radical (unpaired) electrons. The van der Waals surface area contributed by atoms with E-state index in [-0.39, 0.29) is 12.6 Å². The Labute approximate surface area is 112 Å². The van der Waals surface area contributed by atoms with Gasteiger partial charge >= 0.3 is 6.18 Å². The predicted molar refractivity (Wildman–Crippen MR) is 67.4 cm³/mol. The van der Waals surface area contributed by atoms with Gasteiger partial charge in [0.05, 0.1) is 5.92 Å². The van der Waals surface area contributed by atoms with E-state index in [4.69, 9.17) is 5.73 Å². The van der Waals surface area contributed by atoms with Crippen molar-refractivity contribution in [1.29, 1.82) is 0 Å². The maximum Gasteiger partial charge on any atom is 0.406 e. The molecule has 0 aromatic carbocycles. The molecule has 0 spiro atoms. The molecule has 1 rings (SSSR count). The third-order valence-corrected chi connectivity index (χ3v) is 3.66. The van der Waals surface area contributed by atoms with Crippen LogP contribution in [0.5, 0.6) is 0 Å². The summed E-state index contributed by atoms with van der Waals surface area (Å²) < 4.78 is 37.5. The first kappa shape index (κ1) is 16.3. The summed E-state index contributed by atoms with van der Waals surface area (Å²) in [5, 5.41) is 0. The van der Waals surface area contributed by atoms with E-state index in [2.05, 4.69) is 0 Å². The molecule has 2 N–H and O–H groups in total. The number of halogens is 3. The minimum Gasteiger partial charge on any atom is -0.333 e. The normalized spacial score (nSPS) is 28.2. The van der Waals surface area contributed by atoms with E-state index in [1.54, 1.807) is 6.92 Å². The van der Waals surface area contributed by atoms with Crippen LogP contribution in [0.25, 0.3) is 0 Å². The molecule has 0 saturated heterocycles. The second-order valence-corrected chi connectivity index (χ2v) is 5.56. The average molecular weight is 280 g/mol. The summed E-state index contributed by atoms with van der Waals surface area (Å²) in [5.41, 5.74) is 5.91. The number of rotatable bonds is 4. The van der Waals surface area contributed by atoms with Gasteiger partial charge < -0.3 is 10.6 Å². The summed E-state index contributed by atoms with van der Waals surface area (Å²) in [4.78, 5) is 13.2. The summed E-state index contributed by atoms with van der Waals surface area (Å²) in [6.45, 7) is 2.74. The van der Waals surface area contributed by atoms with Gasteiger partial charge in [0.1, 0.15) is 6.54 Å². The zero-order valence-corrected chi connectivity index (χ0v) is 11.5. The number of amides is 1. The highest BCUT2D eigenvalue weighted by atomic mass is 19.4. The van der Waals surface area contributed by atoms with E-state index in [1.807, 2.05) is 6.92 Å². The van der Waals surface area contributed by atoms with Crippen LogP contribution in [0.1, 0.15) is 39.5 Å². The minimum atomic E-state index is -4.35. The van der Waals surface area contributed by atoms with E-state index < -0.39 is 24.5 Å². The highest BCUT2D eigenvalue weighted by molar-refractivity contribution is 5.79. The average Bonchev–Trinajstić information content (AvgIpc) is 2.29. The van der Waals surface area contributed by atoms with Gasteiger partial charge in [-0.15, -0.1) is 0 Å². The second kappa shape index (κ2) is 6.59. The molecule has 0 aromatic rings. The number of carbonyl (C=O) groups is 1. The van der Waals surface area contributed by atoms with Gasteiger partial charge in [-0.2, -0.15) is 13.2 Å². The highest BCUT2D eigenvalue weighted by Gasteiger charge is 2.38. The number of nitrogens with zero attached hydrogens (tertiary/aromatic N) is 1. The van der Waals surface area contributed by atoms with E-state index in [9.17, 15) is 18.0 Å². The van der Waals surface area contributed by atoms with Crippen molar-refractivity contribution >= 4 is 5.91 Å². The predicted octanol–water partition coefficient (Wildman–Crippen LogP) is 2.55. The molecule has 1 amide bonds. The van der Waals surface area contributed by atoms with Gasteiger partial charge in [-0.1, -0.05) is 13.8 Å². The van der Waals surface area contributed by atoms with Gasteiger partial charge in [0.2, 0.25) is 5.91 Å². The molecule has 0 aliphatic heterocycles. The zero-order chi connectivity index (χ0) is 14.6. The van der Waals surface area contributed by atoms with E-state index >= 15 is 0 Å². The van der Waals surface area contributed by atoms with Crippen LogP contribution in [0.15, 0.2) is 0 Å². The van der Waals surface area contributed by atoms with Gasteiger partial charge in [0.15, 0.2) is 0 Å². The Morgan fingerprint density at radius 2 is 2.00 bits per heavy atom. The molecular weight excluding hydrogens is 257 g/mol. The van der Waals surface area contributed by atoms with Crippen LogP contribution in [0.4, 0.5) is 13.2 Å². The van der Waals surface area contributed by atoms with Crippen molar-refractivity contribution in [2.45, 2.75) is 51.7 Å². The van der Waals surface area contributed by atoms with Crippen LogP contribution < -0.4 is 5.73 Å². The number of hydrogen-bond donors (Lipinski definition) is 1. The Morgan fingerprint density at radius 3 is 2.53 bits per heavy atom. The van der Waals surface area contributed by atoms with Crippen molar-refractivity contribution in [1.82, 2.24) is 4.90 Å². The van der Waals surface area contributed by atoms with Crippen LogP contribution in [-0.4, -0.2) is 36.1 Å². The molecular formula is C13H23F3N2O. The number of carbonyl (C=O) groups excluding carboxylic acids is 1. The van der Waals surface area contributed by atoms with Crippen molar-refractivity contribution in [3.63, 3.8) is 0 Å². The van der Waals surface area contributed by atoms with Gasteiger partial charge in [0, 0.05) is 12.6 Å². The Bertz CT molecular complexity index is 307. The third-order valence-electron chi connectivity index (χ3n) is 3.66. The Hall–Kier alpha value is -0.780. The molecule has 19 heavy (non-hydrogen) atoms. The lowest BCUT2D eigenvalue weighted by Gasteiger charge is -2.35. The molecule has 1 fully saturated rings. The fourth-order valence-corrected chi connectivity index (χ4v) is 2.68. The Balaban J connectivity index is 2.74. The molecule has 3 atom stereocenters. The van der Waals surface area contributed by atoms with Crippen LogP contribution >= 0.6 is 0 Å². The maximum atomic E-state index is 12.5. The van der Waals surface area contributed by atoms with Crippen molar-refractivity contribution < 1.29 is 18.0 Å². The summed E-state index contributed by atoms with van der Waals surface area (Å²) in [7, 11) is 0. The van der Waals surface area contributed by atoms with Crippen molar-refractivity contribution in [3.8, 4) is 0 Å². The summed E-state index contributed by atoms with van der Waals surface area (Å²) in [6, 6.07) is -0.309. The van der Waals surface area contributed by atoms with Crippen molar-refractivity contribution in [3.05, 3.63) is 0 Å². The third kappa shape index (κ3) is 5.01. The summed E-state index contributed by atoms with van der Waals surface area (Å²) >= 11 is 0. The molecule has 112 valence electrons. The molecule has 0 aromatic heterocycles. The SMILES string of the molecule is CCCN(CC(F)(F)F)C(=O)C1CC(C)CCC1N. The van der Waals surface area contributed by atoms with Gasteiger partial charge in [-0.3, -0.25) is 4.79 Å². The maximum absolute atomic E-state index is 12.5. The highest BCUT2D eigenvalue weighted by Crippen LogP contribution is 2.30. The molecule has 6 heteroatoms.